The first-order valence-corrected chi connectivity index (χ1v) is 12.5. The summed E-state index contributed by atoms with van der Waals surface area (Å²) in [6, 6.07) is 19.8. The van der Waals surface area contributed by atoms with E-state index in [1.165, 1.54) is 54.7 Å². The molecule has 0 bridgehead atoms. The topological polar surface area (TPSA) is 131 Å². The minimum Gasteiger partial charge on any atom is -0.493 e. The van der Waals surface area contributed by atoms with Crippen LogP contribution in [0, 0.1) is 16.0 Å². The maximum atomic E-state index is 13.3. The maximum absolute atomic E-state index is 13.3. The zero-order chi connectivity index (χ0) is 26.1. The van der Waals surface area contributed by atoms with E-state index < -0.39 is 33.1 Å². The highest BCUT2D eigenvalue weighted by Crippen LogP contribution is 2.31. The van der Waals surface area contributed by atoms with Crippen molar-refractivity contribution in [2.24, 2.45) is 11.0 Å². The van der Waals surface area contributed by atoms with Gasteiger partial charge in [-0.15, -0.1) is 0 Å². The minimum absolute atomic E-state index is 0.112. The second-order valence-electron chi connectivity index (χ2n) is 8.14. The van der Waals surface area contributed by atoms with E-state index in [0.29, 0.717) is 28.1 Å². The van der Waals surface area contributed by atoms with Gasteiger partial charge in [0.15, 0.2) is 0 Å². The standard InChI is InChI=1S/C25H26N4O6S/c1-19(2)18-35-21-14-12-20(13-15-21)16-26-27-25(30)17-28(23-10-6-7-11-24(23)29(31)32)36(33,34)22-8-4-3-5-9-22/h3-16,19H,17-18H2,1-2H3,(H,27,30)/b26-16-. The molecule has 0 heterocycles. The van der Waals surface area contributed by atoms with Gasteiger partial charge in [-0.1, -0.05) is 44.2 Å². The largest absolute Gasteiger partial charge is 0.493 e. The average Bonchev–Trinajstić information content (AvgIpc) is 2.87. The Labute approximate surface area is 209 Å². The van der Waals surface area contributed by atoms with Crippen LogP contribution in [0.3, 0.4) is 0 Å². The van der Waals surface area contributed by atoms with E-state index in [-0.39, 0.29) is 10.6 Å². The molecule has 0 saturated heterocycles. The number of ether oxygens (including phenoxy) is 1. The van der Waals surface area contributed by atoms with Crippen molar-refractivity contribution in [2.45, 2.75) is 18.7 Å². The summed E-state index contributed by atoms with van der Waals surface area (Å²) >= 11 is 0. The predicted octanol–water partition coefficient (Wildman–Crippen LogP) is 3.98. The molecule has 0 unspecified atom stereocenters. The highest BCUT2D eigenvalue weighted by molar-refractivity contribution is 7.92. The third-order valence-electron chi connectivity index (χ3n) is 4.83. The molecule has 0 atom stereocenters. The van der Waals surface area contributed by atoms with Gasteiger partial charge in [0, 0.05) is 6.07 Å². The summed E-state index contributed by atoms with van der Waals surface area (Å²) < 4.78 is 33.0. The van der Waals surface area contributed by atoms with E-state index in [4.69, 9.17) is 4.74 Å². The van der Waals surface area contributed by atoms with Gasteiger partial charge in [0.1, 0.15) is 18.0 Å². The summed E-state index contributed by atoms with van der Waals surface area (Å²) in [5.41, 5.74) is 2.28. The smallest absolute Gasteiger partial charge is 0.293 e. The number of amides is 1. The molecule has 0 aliphatic rings. The number of hydrazone groups is 1. The molecule has 36 heavy (non-hydrogen) atoms. The fourth-order valence-electron chi connectivity index (χ4n) is 3.11. The Morgan fingerprint density at radius 1 is 1.06 bits per heavy atom. The first-order chi connectivity index (χ1) is 17.2. The molecule has 0 saturated carbocycles. The van der Waals surface area contributed by atoms with E-state index >= 15 is 0 Å². The van der Waals surface area contributed by atoms with Gasteiger partial charge in [-0.05, 0) is 53.9 Å². The molecule has 1 N–H and O–H groups in total. The van der Waals surface area contributed by atoms with Crippen LogP contribution in [0.5, 0.6) is 5.75 Å². The fraction of sp³-hybridized carbons (Fsp3) is 0.200. The molecule has 0 aliphatic heterocycles. The Morgan fingerprint density at radius 2 is 1.69 bits per heavy atom. The minimum atomic E-state index is -4.30. The van der Waals surface area contributed by atoms with Gasteiger partial charge in [-0.2, -0.15) is 5.10 Å². The first kappa shape index (κ1) is 26.4. The van der Waals surface area contributed by atoms with Crippen LogP contribution in [0.1, 0.15) is 19.4 Å². The van der Waals surface area contributed by atoms with Gasteiger partial charge in [-0.25, -0.2) is 18.1 Å². The monoisotopic (exact) mass is 510 g/mol. The number of nitro benzene ring substituents is 1. The highest BCUT2D eigenvalue weighted by Gasteiger charge is 2.31. The van der Waals surface area contributed by atoms with Gasteiger partial charge in [0.2, 0.25) is 0 Å². The lowest BCUT2D eigenvalue weighted by Gasteiger charge is -2.23. The summed E-state index contributed by atoms with van der Waals surface area (Å²) in [4.78, 5) is 23.4. The Morgan fingerprint density at radius 3 is 2.33 bits per heavy atom. The van der Waals surface area contributed by atoms with Crippen molar-refractivity contribution in [1.29, 1.82) is 0 Å². The number of anilines is 1. The first-order valence-electron chi connectivity index (χ1n) is 11.0. The van der Waals surface area contributed by atoms with Crippen molar-refractivity contribution < 1.29 is 22.9 Å². The van der Waals surface area contributed by atoms with Crippen LogP contribution < -0.4 is 14.5 Å². The van der Waals surface area contributed by atoms with Gasteiger partial charge >= 0.3 is 0 Å². The van der Waals surface area contributed by atoms with Crippen LogP contribution >= 0.6 is 0 Å². The summed E-state index contributed by atoms with van der Waals surface area (Å²) in [5.74, 6) is 0.320. The zero-order valence-corrected chi connectivity index (χ0v) is 20.6. The Balaban J connectivity index is 1.79. The lowest BCUT2D eigenvalue weighted by molar-refractivity contribution is -0.384. The number of hydrogen-bond donors (Lipinski definition) is 1. The summed E-state index contributed by atoms with van der Waals surface area (Å²) in [5, 5.41) is 15.4. The molecule has 3 rings (SSSR count). The Kier molecular flexibility index (Phi) is 8.74. The van der Waals surface area contributed by atoms with E-state index in [2.05, 4.69) is 10.5 Å². The third-order valence-corrected chi connectivity index (χ3v) is 6.61. The van der Waals surface area contributed by atoms with Gasteiger partial charge in [-0.3, -0.25) is 14.9 Å². The van der Waals surface area contributed by atoms with Crippen LogP contribution in [0.25, 0.3) is 0 Å². The van der Waals surface area contributed by atoms with Crippen LogP contribution in [0.2, 0.25) is 0 Å². The molecule has 3 aromatic rings. The summed E-state index contributed by atoms with van der Waals surface area (Å²) in [6.45, 7) is 3.96. The molecule has 188 valence electrons. The molecule has 11 heteroatoms. The van der Waals surface area contributed by atoms with Gasteiger partial charge < -0.3 is 4.74 Å². The number of carbonyl (C=O) groups excluding carboxylic acids is 1. The number of benzene rings is 3. The van der Waals surface area contributed by atoms with E-state index in [0.717, 1.165) is 0 Å². The quantitative estimate of drug-likeness (QED) is 0.236. The third kappa shape index (κ3) is 6.89. The van der Waals surface area contributed by atoms with Crippen LogP contribution in [0.4, 0.5) is 11.4 Å². The molecule has 0 fully saturated rings. The fourth-order valence-corrected chi connectivity index (χ4v) is 4.56. The Hall–Kier alpha value is -4.25. The van der Waals surface area contributed by atoms with Crippen molar-refractivity contribution in [2.75, 3.05) is 17.5 Å². The zero-order valence-electron chi connectivity index (χ0n) is 19.8. The van der Waals surface area contributed by atoms with Crippen molar-refractivity contribution in [1.82, 2.24) is 5.43 Å². The number of rotatable bonds is 11. The normalized spacial score (nSPS) is 11.4. The van der Waals surface area contributed by atoms with Gasteiger partial charge in [0.25, 0.3) is 21.6 Å². The number of hydrogen-bond acceptors (Lipinski definition) is 7. The molecule has 0 aliphatic carbocycles. The number of para-hydroxylation sites is 2. The lowest BCUT2D eigenvalue weighted by Crippen LogP contribution is -2.39. The molecule has 0 spiro atoms. The highest BCUT2D eigenvalue weighted by atomic mass is 32.2. The lowest BCUT2D eigenvalue weighted by atomic mass is 10.2. The van der Waals surface area contributed by atoms with Gasteiger partial charge in [0.05, 0.1) is 22.6 Å². The Bertz CT molecular complexity index is 1330. The maximum Gasteiger partial charge on any atom is 0.293 e. The molecule has 10 nitrogen and oxygen atoms in total. The molecule has 0 radical (unpaired) electrons. The SMILES string of the molecule is CC(C)COc1ccc(/C=N\NC(=O)CN(c2ccccc2[N+](=O)[O-])S(=O)(=O)c2ccccc2)cc1. The second-order valence-corrected chi connectivity index (χ2v) is 10.00. The van der Waals surface area contributed by atoms with E-state index in [9.17, 15) is 23.3 Å². The number of sulfonamides is 1. The van der Waals surface area contributed by atoms with Crippen molar-refractivity contribution in [3.8, 4) is 5.75 Å². The second kappa shape index (κ2) is 11.9. The number of nitrogens with zero attached hydrogens (tertiary/aromatic N) is 3. The summed E-state index contributed by atoms with van der Waals surface area (Å²) in [6.07, 6.45) is 1.39. The molecular weight excluding hydrogens is 484 g/mol. The number of carbonyl (C=O) groups is 1. The molecule has 3 aromatic carbocycles. The van der Waals surface area contributed by atoms with Crippen molar-refractivity contribution in [3.05, 3.63) is 94.5 Å². The summed E-state index contributed by atoms with van der Waals surface area (Å²) in [7, 11) is -4.30. The molecule has 0 aromatic heterocycles. The number of nitro groups is 1. The van der Waals surface area contributed by atoms with Crippen LogP contribution in [0.15, 0.2) is 88.9 Å². The van der Waals surface area contributed by atoms with E-state index in [1.807, 2.05) is 13.8 Å². The predicted molar refractivity (Wildman–Crippen MR) is 137 cm³/mol. The average molecular weight is 511 g/mol. The van der Waals surface area contributed by atoms with E-state index in [1.54, 1.807) is 30.3 Å². The van der Waals surface area contributed by atoms with Crippen molar-refractivity contribution in [3.63, 3.8) is 0 Å². The number of nitrogens with one attached hydrogen (secondary N) is 1. The molecular formula is C25H26N4O6S. The van der Waals surface area contributed by atoms with Crippen LogP contribution in [-0.4, -0.2) is 38.6 Å². The molecule has 1 amide bonds. The van der Waals surface area contributed by atoms with Crippen LogP contribution in [-0.2, 0) is 14.8 Å². The van der Waals surface area contributed by atoms with Crippen molar-refractivity contribution >= 4 is 33.5 Å².